The SMILES string of the molecule is O=C(Oc1cccc(CO[N+](=O)[O-])c1)c1ccc(S)cc1. The lowest BCUT2D eigenvalue weighted by Crippen LogP contribution is -2.08. The minimum Gasteiger partial charge on any atom is -0.423 e. The number of benzene rings is 2. The first-order valence-electron chi connectivity index (χ1n) is 5.92. The fraction of sp³-hybridized carbons (Fsp3) is 0.0714. The van der Waals surface area contributed by atoms with Crippen LogP contribution in [0.25, 0.3) is 0 Å². The number of esters is 1. The van der Waals surface area contributed by atoms with Crippen LogP contribution in [0, 0.1) is 10.1 Å². The van der Waals surface area contributed by atoms with Crippen molar-refractivity contribution in [2.45, 2.75) is 11.5 Å². The van der Waals surface area contributed by atoms with Gasteiger partial charge in [-0.3, -0.25) is 0 Å². The summed E-state index contributed by atoms with van der Waals surface area (Å²) < 4.78 is 5.20. The lowest BCUT2D eigenvalue weighted by Gasteiger charge is -2.06. The molecule has 6 nitrogen and oxygen atoms in total. The van der Waals surface area contributed by atoms with Crippen molar-refractivity contribution in [1.82, 2.24) is 0 Å². The van der Waals surface area contributed by atoms with E-state index in [1.54, 1.807) is 42.5 Å². The van der Waals surface area contributed by atoms with Gasteiger partial charge in [0.1, 0.15) is 12.4 Å². The summed E-state index contributed by atoms with van der Waals surface area (Å²) in [6.45, 7) is -0.202. The van der Waals surface area contributed by atoms with Gasteiger partial charge >= 0.3 is 5.97 Å². The minimum absolute atomic E-state index is 0.202. The Labute approximate surface area is 125 Å². The van der Waals surface area contributed by atoms with Crippen molar-refractivity contribution in [2.24, 2.45) is 0 Å². The van der Waals surface area contributed by atoms with E-state index in [0.717, 1.165) is 4.90 Å². The maximum atomic E-state index is 11.9. The second-order valence-electron chi connectivity index (χ2n) is 4.08. The molecule has 0 atom stereocenters. The van der Waals surface area contributed by atoms with Crippen LogP contribution >= 0.6 is 12.6 Å². The third-order valence-electron chi connectivity index (χ3n) is 2.55. The highest BCUT2D eigenvalue weighted by atomic mass is 32.1. The summed E-state index contributed by atoms with van der Waals surface area (Å²) >= 11 is 4.13. The summed E-state index contributed by atoms with van der Waals surface area (Å²) in [6.07, 6.45) is 0. The minimum atomic E-state index is -0.877. The average molecular weight is 305 g/mol. The number of carbonyl (C=O) groups is 1. The Hall–Kier alpha value is -2.54. The largest absolute Gasteiger partial charge is 0.423 e. The van der Waals surface area contributed by atoms with Gasteiger partial charge in [0.15, 0.2) is 0 Å². The van der Waals surface area contributed by atoms with Crippen LogP contribution in [-0.4, -0.2) is 11.1 Å². The standard InChI is InChI=1S/C14H11NO5S/c16-14(11-4-6-13(21)7-5-11)20-12-3-1-2-10(8-12)9-19-15(17)18/h1-8,21H,9H2. The summed E-state index contributed by atoms with van der Waals surface area (Å²) in [5.41, 5.74) is 0.919. The normalized spacial score (nSPS) is 9.95. The van der Waals surface area contributed by atoms with E-state index in [-0.39, 0.29) is 6.61 Å². The molecular formula is C14H11NO5S. The number of ether oxygens (including phenoxy) is 1. The third-order valence-corrected chi connectivity index (χ3v) is 2.85. The van der Waals surface area contributed by atoms with Gasteiger partial charge in [0.2, 0.25) is 0 Å². The molecule has 0 amide bonds. The predicted octanol–water partition coefficient (Wildman–Crippen LogP) is 2.90. The molecule has 0 spiro atoms. The summed E-state index contributed by atoms with van der Waals surface area (Å²) in [7, 11) is 0. The van der Waals surface area contributed by atoms with E-state index in [1.807, 2.05) is 0 Å². The molecule has 0 aromatic heterocycles. The van der Waals surface area contributed by atoms with Gasteiger partial charge in [-0.1, -0.05) is 12.1 Å². The van der Waals surface area contributed by atoms with Crippen molar-refractivity contribution in [3.05, 3.63) is 69.8 Å². The molecule has 7 heteroatoms. The second kappa shape index (κ2) is 6.76. The van der Waals surface area contributed by atoms with Crippen molar-refractivity contribution in [3.8, 4) is 5.75 Å². The highest BCUT2D eigenvalue weighted by Gasteiger charge is 2.09. The topological polar surface area (TPSA) is 78.7 Å². The fourth-order valence-electron chi connectivity index (χ4n) is 1.59. The van der Waals surface area contributed by atoms with Gasteiger partial charge in [0.25, 0.3) is 5.09 Å². The molecule has 0 aliphatic heterocycles. The van der Waals surface area contributed by atoms with Gasteiger partial charge in [-0.2, -0.15) is 0 Å². The zero-order valence-electron chi connectivity index (χ0n) is 10.8. The van der Waals surface area contributed by atoms with Crippen LogP contribution in [0.2, 0.25) is 0 Å². The smallest absolute Gasteiger partial charge is 0.343 e. The van der Waals surface area contributed by atoms with E-state index < -0.39 is 11.1 Å². The molecule has 2 aromatic carbocycles. The molecule has 0 N–H and O–H groups in total. The van der Waals surface area contributed by atoms with Gasteiger partial charge in [-0.05, 0) is 42.0 Å². The molecule has 0 saturated carbocycles. The summed E-state index contributed by atoms with van der Waals surface area (Å²) in [6, 6.07) is 12.9. The number of nitrogens with zero attached hydrogens (tertiary/aromatic N) is 1. The molecule has 0 bridgehead atoms. The summed E-state index contributed by atoms with van der Waals surface area (Å²) in [5.74, 6) is -0.227. The van der Waals surface area contributed by atoms with Crippen LogP contribution in [0.15, 0.2) is 53.4 Å². The molecule has 0 fully saturated rings. The molecule has 0 heterocycles. The second-order valence-corrected chi connectivity index (χ2v) is 4.60. The number of thiol groups is 1. The van der Waals surface area contributed by atoms with E-state index >= 15 is 0 Å². The summed E-state index contributed by atoms with van der Waals surface area (Å²) in [4.78, 5) is 27.1. The van der Waals surface area contributed by atoms with Crippen LogP contribution in [0.4, 0.5) is 0 Å². The van der Waals surface area contributed by atoms with Crippen LogP contribution in [0.5, 0.6) is 5.75 Å². The van der Waals surface area contributed by atoms with E-state index in [0.29, 0.717) is 16.9 Å². The Morgan fingerprint density at radius 1 is 1.19 bits per heavy atom. The highest BCUT2D eigenvalue weighted by Crippen LogP contribution is 2.16. The molecule has 2 aromatic rings. The molecule has 0 aliphatic rings. The maximum absolute atomic E-state index is 11.9. The van der Waals surface area contributed by atoms with Crippen molar-refractivity contribution in [1.29, 1.82) is 0 Å². The number of rotatable bonds is 5. The van der Waals surface area contributed by atoms with E-state index in [4.69, 9.17) is 4.74 Å². The number of hydrogen-bond acceptors (Lipinski definition) is 6. The Kier molecular flexibility index (Phi) is 4.78. The van der Waals surface area contributed by atoms with E-state index in [2.05, 4.69) is 17.5 Å². The molecule has 0 saturated heterocycles. The molecule has 2 rings (SSSR count). The quantitative estimate of drug-likeness (QED) is 0.302. The van der Waals surface area contributed by atoms with Gasteiger partial charge in [-0.15, -0.1) is 22.7 Å². The van der Waals surface area contributed by atoms with Crippen LogP contribution < -0.4 is 4.74 Å². The maximum Gasteiger partial charge on any atom is 0.343 e. The molecule has 0 unspecified atom stereocenters. The molecule has 0 radical (unpaired) electrons. The van der Waals surface area contributed by atoms with E-state index in [1.165, 1.54) is 6.07 Å². The first-order valence-corrected chi connectivity index (χ1v) is 6.37. The molecular weight excluding hydrogens is 294 g/mol. The fourth-order valence-corrected chi connectivity index (χ4v) is 1.74. The molecule has 21 heavy (non-hydrogen) atoms. The van der Waals surface area contributed by atoms with Crippen molar-refractivity contribution in [3.63, 3.8) is 0 Å². The first kappa shape index (κ1) is 14.9. The lowest BCUT2D eigenvalue weighted by molar-refractivity contribution is -0.763. The highest BCUT2D eigenvalue weighted by molar-refractivity contribution is 7.80. The van der Waals surface area contributed by atoms with Crippen molar-refractivity contribution < 1.29 is 19.5 Å². The zero-order valence-corrected chi connectivity index (χ0v) is 11.7. The zero-order chi connectivity index (χ0) is 15.2. The number of hydrogen-bond donors (Lipinski definition) is 1. The number of carbonyl (C=O) groups excluding carboxylic acids is 1. The van der Waals surface area contributed by atoms with Crippen molar-refractivity contribution >= 4 is 18.6 Å². The van der Waals surface area contributed by atoms with E-state index in [9.17, 15) is 14.9 Å². The Morgan fingerprint density at radius 2 is 1.90 bits per heavy atom. The first-order chi connectivity index (χ1) is 10.0. The monoisotopic (exact) mass is 305 g/mol. The van der Waals surface area contributed by atoms with Gasteiger partial charge in [0, 0.05) is 4.90 Å². The van der Waals surface area contributed by atoms with Crippen LogP contribution in [0.3, 0.4) is 0 Å². The van der Waals surface area contributed by atoms with Crippen LogP contribution in [-0.2, 0) is 11.4 Å². The Balaban J connectivity index is 2.05. The Bertz CT molecular complexity index is 657. The average Bonchev–Trinajstić information content (AvgIpc) is 2.46. The molecule has 0 aliphatic carbocycles. The van der Waals surface area contributed by atoms with Gasteiger partial charge < -0.3 is 9.57 Å². The molecule has 108 valence electrons. The lowest BCUT2D eigenvalue weighted by atomic mass is 10.2. The van der Waals surface area contributed by atoms with Gasteiger partial charge in [-0.25, -0.2) is 4.79 Å². The predicted molar refractivity (Wildman–Crippen MR) is 76.9 cm³/mol. The summed E-state index contributed by atoms with van der Waals surface area (Å²) in [5, 5.41) is 9.26. The van der Waals surface area contributed by atoms with Gasteiger partial charge in [0.05, 0.1) is 5.56 Å². The van der Waals surface area contributed by atoms with Crippen LogP contribution in [0.1, 0.15) is 15.9 Å². The van der Waals surface area contributed by atoms with Crippen molar-refractivity contribution in [2.75, 3.05) is 0 Å². The Morgan fingerprint density at radius 3 is 2.57 bits per heavy atom. The third kappa shape index (κ3) is 4.50.